The third-order valence-corrected chi connectivity index (χ3v) is 5.22. The highest BCUT2D eigenvalue weighted by Gasteiger charge is 2.27. The van der Waals surface area contributed by atoms with Gasteiger partial charge in [-0.1, -0.05) is 11.6 Å². The highest BCUT2D eigenvalue weighted by molar-refractivity contribution is 6.33. The standard InChI is InChI=1S/C21H19Cl2FN4O2/c1-21(2,3)30-20(29)28-5-4-11-8-25-18-13(14(11)10-28)6-12(7-16(18)24)17-15(22)9-26-19(23)27-17/h6-9H,4-5,10H2,1-3H3. The largest absolute Gasteiger partial charge is 0.444 e. The first-order valence-corrected chi connectivity index (χ1v) is 10.1. The topological polar surface area (TPSA) is 68.2 Å². The summed E-state index contributed by atoms with van der Waals surface area (Å²) in [6, 6.07) is 3.09. The molecule has 30 heavy (non-hydrogen) atoms. The molecule has 0 fully saturated rings. The van der Waals surface area contributed by atoms with Crippen molar-refractivity contribution in [3.63, 3.8) is 0 Å². The Hall–Kier alpha value is -2.51. The number of hydrogen-bond acceptors (Lipinski definition) is 5. The number of carbonyl (C=O) groups excluding carboxylic acids is 1. The lowest BCUT2D eigenvalue weighted by Gasteiger charge is -2.31. The Morgan fingerprint density at radius 1 is 1.20 bits per heavy atom. The summed E-state index contributed by atoms with van der Waals surface area (Å²) in [4.78, 5) is 26.4. The summed E-state index contributed by atoms with van der Waals surface area (Å²) in [5, 5.41) is 0.868. The van der Waals surface area contributed by atoms with Gasteiger partial charge < -0.3 is 9.64 Å². The van der Waals surface area contributed by atoms with Gasteiger partial charge in [0.15, 0.2) is 0 Å². The number of ether oxygens (including phenoxy) is 1. The highest BCUT2D eigenvalue weighted by Crippen LogP contribution is 2.34. The summed E-state index contributed by atoms with van der Waals surface area (Å²) in [6.07, 6.45) is 3.24. The summed E-state index contributed by atoms with van der Waals surface area (Å²) in [6.45, 7) is 6.26. The Morgan fingerprint density at radius 3 is 2.70 bits per heavy atom. The molecule has 1 aliphatic heterocycles. The van der Waals surface area contributed by atoms with Crippen LogP contribution in [0.3, 0.4) is 0 Å². The zero-order chi connectivity index (χ0) is 21.6. The Labute approximate surface area is 183 Å². The number of pyridine rings is 1. The quantitative estimate of drug-likeness (QED) is 0.464. The molecule has 3 aromatic rings. The molecule has 2 aromatic heterocycles. The molecule has 1 aromatic carbocycles. The maximum Gasteiger partial charge on any atom is 0.410 e. The third-order valence-electron chi connectivity index (χ3n) is 4.77. The summed E-state index contributed by atoms with van der Waals surface area (Å²) in [7, 11) is 0. The van der Waals surface area contributed by atoms with Crippen molar-refractivity contribution in [1.82, 2.24) is 19.9 Å². The molecule has 0 saturated heterocycles. The molecule has 0 unspecified atom stereocenters. The van der Waals surface area contributed by atoms with E-state index in [0.717, 1.165) is 11.1 Å². The van der Waals surface area contributed by atoms with Gasteiger partial charge in [0.25, 0.3) is 0 Å². The smallest absolute Gasteiger partial charge is 0.410 e. The molecular weight excluding hydrogens is 430 g/mol. The van der Waals surface area contributed by atoms with Gasteiger partial charge in [-0.3, -0.25) is 4.98 Å². The second-order valence-corrected chi connectivity index (χ2v) is 8.85. The molecule has 0 spiro atoms. The molecule has 1 amide bonds. The molecule has 0 aliphatic carbocycles. The maximum absolute atomic E-state index is 14.9. The Bertz CT molecular complexity index is 1160. The van der Waals surface area contributed by atoms with Crippen LogP contribution in [0.25, 0.3) is 22.2 Å². The fraction of sp³-hybridized carbons (Fsp3) is 0.333. The van der Waals surface area contributed by atoms with Crippen molar-refractivity contribution in [2.24, 2.45) is 0 Å². The normalized spacial score (nSPS) is 14.0. The van der Waals surface area contributed by atoms with Crippen LogP contribution in [0.4, 0.5) is 9.18 Å². The van der Waals surface area contributed by atoms with E-state index in [9.17, 15) is 9.18 Å². The van der Waals surface area contributed by atoms with E-state index in [1.807, 2.05) is 20.8 Å². The zero-order valence-electron chi connectivity index (χ0n) is 16.7. The average Bonchev–Trinajstić information content (AvgIpc) is 2.68. The van der Waals surface area contributed by atoms with E-state index in [4.69, 9.17) is 27.9 Å². The molecule has 4 rings (SSSR count). The SMILES string of the molecule is CC(C)(C)OC(=O)N1CCc2cnc3c(F)cc(-c4nc(Cl)ncc4Cl)cc3c2C1. The van der Waals surface area contributed by atoms with Gasteiger partial charge in [0.1, 0.15) is 16.9 Å². The monoisotopic (exact) mass is 448 g/mol. The van der Waals surface area contributed by atoms with Crippen LogP contribution < -0.4 is 0 Å². The number of halogens is 3. The van der Waals surface area contributed by atoms with E-state index in [1.165, 1.54) is 12.3 Å². The van der Waals surface area contributed by atoms with Crippen molar-refractivity contribution in [3.8, 4) is 11.3 Å². The number of hydrogen-bond donors (Lipinski definition) is 0. The van der Waals surface area contributed by atoms with Crippen molar-refractivity contribution in [1.29, 1.82) is 0 Å². The van der Waals surface area contributed by atoms with Crippen LogP contribution in [-0.2, 0) is 17.7 Å². The molecule has 0 atom stereocenters. The molecule has 0 saturated carbocycles. The van der Waals surface area contributed by atoms with Gasteiger partial charge in [-0.25, -0.2) is 19.2 Å². The van der Waals surface area contributed by atoms with Gasteiger partial charge in [-0.2, -0.15) is 0 Å². The third kappa shape index (κ3) is 4.04. The van der Waals surface area contributed by atoms with Crippen molar-refractivity contribution in [2.75, 3.05) is 6.54 Å². The number of rotatable bonds is 1. The predicted octanol–water partition coefficient (Wildman–Crippen LogP) is 5.43. The predicted molar refractivity (Wildman–Crippen MR) is 113 cm³/mol. The van der Waals surface area contributed by atoms with E-state index in [-0.39, 0.29) is 15.8 Å². The summed E-state index contributed by atoms with van der Waals surface area (Å²) in [5.41, 5.74) is 2.20. The minimum atomic E-state index is -0.597. The van der Waals surface area contributed by atoms with E-state index >= 15 is 0 Å². The molecule has 0 radical (unpaired) electrons. The van der Waals surface area contributed by atoms with Crippen molar-refractivity contribution >= 4 is 40.2 Å². The number of carbonyl (C=O) groups is 1. The highest BCUT2D eigenvalue weighted by atomic mass is 35.5. The first-order chi connectivity index (χ1) is 14.1. The minimum Gasteiger partial charge on any atom is -0.444 e. The van der Waals surface area contributed by atoms with Crippen LogP contribution in [0, 0.1) is 5.82 Å². The lowest BCUT2D eigenvalue weighted by Crippen LogP contribution is -2.40. The van der Waals surface area contributed by atoms with Crippen LogP contribution in [0.2, 0.25) is 10.3 Å². The van der Waals surface area contributed by atoms with Crippen LogP contribution in [0.1, 0.15) is 31.9 Å². The van der Waals surface area contributed by atoms with Crippen LogP contribution in [0.5, 0.6) is 0 Å². The average molecular weight is 449 g/mol. The van der Waals surface area contributed by atoms with Gasteiger partial charge in [-0.15, -0.1) is 0 Å². The maximum atomic E-state index is 14.9. The van der Waals surface area contributed by atoms with Crippen LogP contribution in [0.15, 0.2) is 24.5 Å². The number of fused-ring (bicyclic) bond motifs is 3. The Kier molecular flexibility index (Phi) is 5.28. The summed E-state index contributed by atoms with van der Waals surface area (Å²) < 4.78 is 20.4. The van der Waals surface area contributed by atoms with Crippen LogP contribution >= 0.6 is 23.2 Å². The number of aromatic nitrogens is 3. The number of benzene rings is 1. The lowest BCUT2D eigenvalue weighted by molar-refractivity contribution is 0.0225. The van der Waals surface area contributed by atoms with Gasteiger partial charge in [0.2, 0.25) is 5.28 Å². The van der Waals surface area contributed by atoms with E-state index in [2.05, 4.69) is 15.0 Å². The molecule has 0 bridgehead atoms. The molecule has 6 nitrogen and oxygen atoms in total. The first kappa shape index (κ1) is 20.8. The van der Waals surface area contributed by atoms with Gasteiger partial charge in [0.05, 0.1) is 16.9 Å². The fourth-order valence-corrected chi connectivity index (χ4v) is 3.78. The number of nitrogens with zero attached hydrogens (tertiary/aromatic N) is 4. The fourth-order valence-electron chi connectivity index (χ4n) is 3.45. The van der Waals surface area contributed by atoms with Gasteiger partial charge in [0, 0.05) is 30.2 Å². The van der Waals surface area contributed by atoms with E-state index in [1.54, 1.807) is 17.2 Å². The van der Waals surface area contributed by atoms with Crippen molar-refractivity contribution < 1.29 is 13.9 Å². The Balaban J connectivity index is 1.81. The lowest BCUT2D eigenvalue weighted by atomic mass is 9.95. The molecule has 0 N–H and O–H groups in total. The van der Waals surface area contributed by atoms with E-state index < -0.39 is 17.5 Å². The zero-order valence-corrected chi connectivity index (χ0v) is 18.2. The first-order valence-electron chi connectivity index (χ1n) is 9.39. The van der Waals surface area contributed by atoms with Crippen molar-refractivity contribution in [3.05, 3.63) is 51.8 Å². The molecule has 156 valence electrons. The summed E-state index contributed by atoms with van der Waals surface area (Å²) >= 11 is 12.1. The molecule has 3 heterocycles. The molecular formula is C21H19Cl2FN4O2. The van der Waals surface area contributed by atoms with Gasteiger partial charge in [-0.05, 0) is 62.1 Å². The van der Waals surface area contributed by atoms with E-state index in [0.29, 0.717) is 36.2 Å². The Morgan fingerprint density at radius 2 is 1.97 bits per heavy atom. The minimum absolute atomic E-state index is 0.0132. The molecule has 9 heteroatoms. The second-order valence-electron chi connectivity index (χ2n) is 8.10. The second kappa shape index (κ2) is 7.63. The van der Waals surface area contributed by atoms with Crippen molar-refractivity contribution in [2.45, 2.75) is 39.3 Å². The summed E-state index contributed by atoms with van der Waals surface area (Å²) in [5.74, 6) is -0.509. The number of amides is 1. The van der Waals surface area contributed by atoms with Crippen LogP contribution in [-0.4, -0.2) is 38.1 Å². The van der Waals surface area contributed by atoms with Gasteiger partial charge >= 0.3 is 6.09 Å². The molecule has 1 aliphatic rings.